The highest BCUT2D eigenvalue weighted by molar-refractivity contribution is 5.54. The van der Waals surface area contributed by atoms with Crippen molar-refractivity contribution in [2.24, 2.45) is 0 Å². The van der Waals surface area contributed by atoms with Crippen LogP contribution in [0, 0.1) is 18.8 Å². The number of rotatable bonds is 1. The molecule has 0 bridgehead atoms. The summed E-state index contributed by atoms with van der Waals surface area (Å²) in [6.07, 6.45) is 0. The molecule has 0 spiro atoms. The maximum absolute atomic E-state index is 5.82. The molecular weight excluding hydrogens is 224 g/mol. The zero-order valence-corrected chi connectivity index (χ0v) is 10.4. The number of nitrogen functional groups attached to an aromatic ring is 1. The second-order valence-electron chi connectivity index (χ2n) is 3.87. The molecule has 2 N–H and O–H groups in total. The van der Waals surface area contributed by atoms with E-state index in [1.165, 1.54) is 0 Å². The number of ether oxygens (including phenoxy) is 1. The van der Waals surface area contributed by atoms with Gasteiger partial charge in [0.15, 0.2) is 0 Å². The van der Waals surface area contributed by atoms with E-state index in [9.17, 15) is 0 Å². The van der Waals surface area contributed by atoms with Crippen LogP contribution in [0.25, 0.3) is 0 Å². The summed E-state index contributed by atoms with van der Waals surface area (Å²) in [4.78, 5) is 4.30. The van der Waals surface area contributed by atoms with Crippen LogP contribution in [-0.2, 0) is 0 Å². The lowest BCUT2D eigenvalue weighted by Gasteiger charge is -1.99. The zero-order chi connectivity index (χ0) is 13.0. The molecule has 0 unspecified atom stereocenters. The van der Waals surface area contributed by atoms with E-state index in [-0.39, 0.29) is 0 Å². The third kappa shape index (κ3) is 2.80. The second kappa shape index (κ2) is 5.24. The molecule has 1 aromatic carbocycles. The lowest BCUT2D eigenvalue weighted by Crippen LogP contribution is -1.95. The van der Waals surface area contributed by atoms with Crippen molar-refractivity contribution in [3.63, 3.8) is 0 Å². The van der Waals surface area contributed by atoms with Gasteiger partial charge in [-0.25, -0.2) is 4.98 Å². The minimum Gasteiger partial charge on any atom is -0.497 e. The van der Waals surface area contributed by atoms with E-state index in [4.69, 9.17) is 10.5 Å². The fourth-order valence-corrected chi connectivity index (χ4v) is 1.50. The molecule has 3 nitrogen and oxygen atoms in total. The highest BCUT2D eigenvalue weighted by Gasteiger charge is 1.97. The van der Waals surface area contributed by atoms with E-state index in [1.54, 1.807) is 7.11 Å². The van der Waals surface area contributed by atoms with Crippen molar-refractivity contribution in [1.82, 2.24) is 4.98 Å². The minimum atomic E-state index is 0.594. The Labute approximate surface area is 107 Å². The van der Waals surface area contributed by atoms with Crippen LogP contribution in [0.15, 0.2) is 36.4 Å². The molecule has 3 heteroatoms. The Bertz CT molecular complexity index is 624. The Morgan fingerprint density at radius 3 is 2.78 bits per heavy atom. The Morgan fingerprint density at radius 1 is 1.17 bits per heavy atom. The van der Waals surface area contributed by atoms with Gasteiger partial charge in [-0.05, 0) is 43.2 Å². The predicted octanol–water partition coefficient (Wildman–Crippen LogP) is 2.38. The first kappa shape index (κ1) is 12.0. The Balaban J connectivity index is 2.33. The van der Waals surface area contributed by atoms with Crippen LogP contribution in [0.1, 0.15) is 17.0 Å². The van der Waals surface area contributed by atoms with Gasteiger partial charge in [0.25, 0.3) is 0 Å². The van der Waals surface area contributed by atoms with Crippen LogP contribution in [0.3, 0.4) is 0 Å². The van der Waals surface area contributed by atoms with Crippen molar-refractivity contribution in [2.75, 3.05) is 12.8 Å². The lowest BCUT2D eigenvalue weighted by molar-refractivity contribution is 0.414. The predicted molar refractivity (Wildman–Crippen MR) is 72.4 cm³/mol. The molecule has 0 aliphatic heterocycles. The number of methoxy groups -OCH3 is 1. The highest BCUT2D eigenvalue weighted by Crippen LogP contribution is 2.12. The fraction of sp³-hybridized carbons (Fsp3) is 0.133. The van der Waals surface area contributed by atoms with Crippen molar-refractivity contribution in [3.8, 4) is 17.6 Å². The molecule has 18 heavy (non-hydrogen) atoms. The van der Waals surface area contributed by atoms with Gasteiger partial charge >= 0.3 is 0 Å². The maximum atomic E-state index is 5.82. The number of nitrogens with two attached hydrogens (primary N) is 1. The smallest absolute Gasteiger partial charge is 0.136 e. The first-order chi connectivity index (χ1) is 8.69. The van der Waals surface area contributed by atoms with Gasteiger partial charge in [0, 0.05) is 11.3 Å². The molecule has 90 valence electrons. The third-order valence-electron chi connectivity index (χ3n) is 2.46. The van der Waals surface area contributed by atoms with Crippen molar-refractivity contribution in [1.29, 1.82) is 0 Å². The van der Waals surface area contributed by atoms with Crippen LogP contribution >= 0.6 is 0 Å². The standard InChI is InChI=1S/C15H14N2O/c1-11-6-8-14(16)15(17-11)9-7-12-4-3-5-13(10-12)18-2/h3-6,8,10H,16H2,1-2H3. The summed E-state index contributed by atoms with van der Waals surface area (Å²) in [7, 11) is 1.63. The van der Waals surface area contributed by atoms with Crippen molar-refractivity contribution < 1.29 is 4.74 Å². The SMILES string of the molecule is COc1cccc(C#Cc2nc(C)ccc2N)c1. The molecule has 0 aliphatic carbocycles. The number of benzene rings is 1. The average Bonchev–Trinajstić information content (AvgIpc) is 2.40. The summed E-state index contributed by atoms with van der Waals surface area (Å²) in [5, 5.41) is 0. The van der Waals surface area contributed by atoms with Crippen LogP contribution < -0.4 is 10.5 Å². The number of anilines is 1. The average molecular weight is 238 g/mol. The largest absolute Gasteiger partial charge is 0.497 e. The second-order valence-corrected chi connectivity index (χ2v) is 3.87. The van der Waals surface area contributed by atoms with E-state index >= 15 is 0 Å². The first-order valence-electron chi connectivity index (χ1n) is 5.58. The van der Waals surface area contributed by atoms with Gasteiger partial charge in [0.05, 0.1) is 12.8 Å². The topological polar surface area (TPSA) is 48.1 Å². The third-order valence-corrected chi connectivity index (χ3v) is 2.46. The van der Waals surface area contributed by atoms with Crippen molar-refractivity contribution in [2.45, 2.75) is 6.92 Å². The number of hydrogen-bond donors (Lipinski definition) is 1. The number of aryl methyl sites for hydroxylation is 1. The molecule has 2 rings (SSSR count). The number of hydrogen-bond acceptors (Lipinski definition) is 3. The molecule has 0 saturated heterocycles. The van der Waals surface area contributed by atoms with Gasteiger partial charge in [-0.1, -0.05) is 12.0 Å². The molecule has 0 aliphatic rings. The monoisotopic (exact) mass is 238 g/mol. The van der Waals surface area contributed by atoms with E-state index < -0.39 is 0 Å². The maximum Gasteiger partial charge on any atom is 0.136 e. The van der Waals surface area contributed by atoms with Gasteiger partial charge in [-0.15, -0.1) is 0 Å². The molecule has 0 fully saturated rings. The van der Waals surface area contributed by atoms with E-state index in [0.717, 1.165) is 17.0 Å². The van der Waals surface area contributed by atoms with Gasteiger partial charge in [0.1, 0.15) is 11.4 Å². The summed E-state index contributed by atoms with van der Waals surface area (Å²) >= 11 is 0. The summed E-state index contributed by atoms with van der Waals surface area (Å²) in [5.41, 5.74) is 8.80. The van der Waals surface area contributed by atoms with E-state index in [1.807, 2.05) is 43.3 Å². The summed E-state index contributed by atoms with van der Waals surface area (Å²) in [6, 6.07) is 11.3. The summed E-state index contributed by atoms with van der Waals surface area (Å²) < 4.78 is 5.14. The quantitative estimate of drug-likeness (QED) is 0.776. The summed E-state index contributed by atoms with van der Waals surface area (Å²) in [6.45, 7) is 1.91. The van der Waals surface area contributed by atoms with Crippen molar-refractivity contribution >= 4 is 5.69 Å². The normalized spacial score (nSPS) is 9.44. The Kier molecular flexibility index (Phi) is 3.49. The molecule has 1 aromatic heterocycles. The Hall–Kier alpha value is -2.47. The fourth-order valence-electron chi connectivity index (χ4n) is 1.50. The molecule has 0 saturated carbocycles. The van der Waals surface area contributed by atoms with Crippen LogP contribution in [0.5, 0.6) is 5.75 Å². The molecule has 2 aromatic rings. The molecule has 1 heterocycles. The van der Waals surface area contributed by atoms with Crippen LogP contribution in [0.2, 0.25) is 0 Å². The Morgan fingerprint density at radius 2 is 2.00 bits per heavy atom. The molecule has 0 amide bonds. The lowest BCUT2D eigenvalue weighted by atomic mass is 10.2. The van der Waals surface area contributed by atoms with Gasteiger partial charge < -0.3 is 10.5 Å². The van der Waals surface area contributed by atoms with Gasteiger partial charge in [-0.2, -0.15) is 0 Å². The first-order valence-corrected chi connectivity index (χ1v) is 5.58. The summed E-state index contributed by atoms with van der Waals surface area (Å²) in [5.74, 6) is 6.80. The number of nitrogens with zero attached hydrogens (tertiary/aromatic N) is 1. The molecule has 0 atom stereocenters. The highest BCUT2D eigenvalue weighted by atomic mass is 16.5. The van der Waals surface area contributed by atoms with E-state index in [2.05, 4.69) is 16.8 Å². The van der Waals surface area contributed by atoms with Gasteiger partial charge in [0.2, 0.25) is 0 Å². The van der Waals surface area contributed by atoms with Crippen LogP contribution in [-0.4, -0.2) is 12.1 Å². The molecular formula is C15H14N2O. The van der Waals surface area contributed by atoms with Gasteiger partial charge in [-0.3, -0.25) is 0 Å². The zero-order valence-electron chi connectivity index (χ0n) is 10.4. The number of pyridine rings is 1. The van der Waals surface area contributed by atoms with Crippen LogP contribution in [0.4, 0.5) is 5.69 Å². The molecule has 0 radical (unpaired) electrons. The number of aromatic nitrogens is 1. The minimum absolute atomic E-state index is 0.594. The van der Waals surface area contributed by atoms with Crippen molar-refractivity contribution in [3.05, 3.63) is 53.3 Å². The van der Waals surface area contributed by atoms with E-state index in [0.29, 0.717) is 11.4 Å².